The third kappa shape index (κ3) is 4.16. The smallest absolute Gasteiger partial charge is 0.338 e. The molecule has 0 amide bonds. The number of rotatable bonds is 5. The fourth-order valence-electron chi connectivity index (χ4n) is 5.21. The van der Waals surface area contributed by atoms with Crippen LogP contribution in [0.2, 0.25) is 0 Å². The molecule has 5 rings (SSSR count). The van der Waals surface area contributed by atoms with E-state index in [0.717, 1.165) is 30.0 Å². The molecule has 1 aliphatic rings. The van der Waals surface area contributed by atoms with Gasteiger partial charge in [0.05, 0.1) is 22.3 Å². The summed E-state index contributed by atoms with van der Waals surface area (Å²) in [5, 5.41) is 13.2. The topological polar surface area (TPSA) is 81.2 Å². The predicted molar refractivity (Wildman–Crippen MR) is 128 cm³/mol. The molecule has 0 atom stereocenters. The fraction of sp³-hybridized carbons (Fsp3) is 0.370. The Labute approximate surface area is 205 Å². The second-order valence-electron chi connectivity index (χ2n) is 9.94. The zero-order valence-electron chi connectivity index (χ0n) is 20.2. The Morgan fingerprint density at radius 3 is 2.56 bits per heavy atom. The van der Waals surface area contributed by atoms with Crippen LogP contribution in [-0.2, 0) is 6.54 Å². The van der Waals surface area contributed by atoms with E-state index in [1.807, 2.05) is 24.5 Å². The standard InChI is InChI=1S/C27H26F3N3O3/c1-14-22(15(2)36-32-14)17-10-21-25(31-11-17)20(18-4-5-19(26(34)35)24(29)23(18)28)13-33(21)12-16-6-8-27(3,30)9-7-16/h4-5,10-11,13,16H,6-9,12H2,1-3H3,(H,34,35). The van der Waals surface area contributed by atoms with Gasteiger partial charge in [0.1, 0.15) is 11.4 Å². The van der Waals surface area contributed by atoms with Crippen LogP contribution in [-0.4, -0.2) is 31.5 Å². The summed E-state index contributed by atoms with van der Waals surface area (Å²) in [6.07, 6.45) is 5.74. The molecular formula is C27H26F3N3O3. The number of nitrogens with zero attached hydrogens (tertiary/aromatic N) is 3. The number of hydrogen-bond acceptors (Lipinski definition) is 4. The third-order valence-electron chi connectivity index (χ3n) is 7.24. The maximum Gasteiger partial charge on any atom is 0.338 e. The normalized spacial score (nSPS) is 20.2. The highest BCUT2D eigenvalue weighted by Gasteiger charge is 2.31. The Hall–Kier alpha value is -3.62. The van der Waals surface area contributed by atoms with Crippen molar-refractivity contribution in [1.82, 2.24) is 14.7 Å². The molecule has 3 aromatic heterocycles. The number of carbonyl (C=O) groups is 1. The molecule has 0 unspecified atom stereocenters. The largest absolute Gasteiger partial charge is 0.478 e. The number of carboxylic acids is 1. The molecule has 188 valence electrons. The van der Waals surface area contributed by atoms with Gasteiger partial charge >= 0.3 is 5.97 Å². The van der Waals surface area contributed by atoms with Gasteiger partial charge in [0.2, 0.25) is 0 Å². The van der Waals surface area contributed by atoms with Gasteiger partial charge in [-0.05, 0) is 64.5 Å². The maximum absolute atomic E-state index is 15.1. The molecular weight excluding hydrogens is 471 g/mol. The van der Waals surface area contributed by atoms with Crippen molar-refractivity contribution in [1.29, 1.82) is 0 Å². The van der Waals surface area contributed by atoms with Crippen molar-refractivity contribution >= 4 is 17.0 Å². The molecule has 4 aromatic rings. The summed E-state index contributed by atoms with van der Waals surface area (Å²) >= 11 is 0. The van der Waals surface area contributed by atoms with Crippen LogP contribution in [0.15, 0.2) is 35.1 Å². The fourth-order valence-corrected chi connectivity index (χ4v) is 5.21. The van der Waals surface area contributed by atoms with Crippen molar-refractivity contribution < 1.29 is 27.6 Å². The number of benzene rings is 1. The monoisotopic (exact) mass is 497 g/mol. The van der Waals surface area contributed by atoms with Crippen LogP contribution < -0.4 is 0 Å². The van der Waals surface area contributed by atoms with Gasteiger partial charge in [-0.2, -0.15) is 0 Å². The van der Waals surface area contributed by atoms with Gasteiger partial charge in [0.15, 0.2) is 11.6 Å². The second kappa shape index (κ2) is 8.80. The predicted octanol–water partition coefficient (Wildman–Crippen LogP) is 6.87. The molecule has 0 radical (unpaired) electrons. The summed E-state index contributed by atoms with van der Waals surface area (Å²) in [7, 11) is 0. The summed E-state index contributed by atoms with van der Waals surface area (Å²) in [6.45, 7) is 5.84. The average molecular weight is 498 g/mol. The van der Waals surface area contributed by atoms with E-state index >= 15 is 4.39 Å². The number of aromatic carboxylic acids is 1. The lowest BCUT2D eigenvalue weighted by Crippen LogP contribution is -2.27. The van der Waals surface area contributed by atoms with E-state index in [4.69, 9.17) is 9.63 Å². The lowest BCUT2D eigenvalue weighted by atomic mass is 9.81. The second-order valence-corrected chi connectivity index (χ2v) is 9.94. The van der Waals surface area contributed by atoms with Gasteiger partial charge in [-0.3, -0.25) is 4.98 Å². The Bertz CT molecular complexity index is 1460. The van der Waals surface area contributed by atoms with Crippen molar-refractivity contribution in [3.05, 3.63) is 59.2 Å². The lowest BCUT2D eigenvalue weighted by Gasteiger charge is -2.31. The summed E-state index contributed by atoms with van der Waals surface area (Å²) in [5.41, 5.74) is 1.85. The third-order valence-corrected chi connectivity index (χ3v) is 7.24. The number of hydrogen-bond donors (Lipinski definition) is 1. The minimum Gasteiger partial charge on any atom is -0.478 e. The number of aromatic nitrogens is 3. The van der Waals surface area contributed by atoms with E-state index in [1.165, 1.54) is 6.07 Å². The number of aryl methyl sites for hydroxylation is 2. The Morgan fingerprint density at radius 1 is 1.19 bits per heavy atom. The molecule has 1 aromatic carbocycles. The highest BCUT2D eigenvalue weighted by Crippen LogP contribution is 2.39. The Balaban J connectivity index is 1.65. The highest BCUT2D eigenvalue weighted by molar-refractivity contribution is 5.96. The number of fused-ring (bicyclic) bond motifs is 1. The highest BCUT2D eigenvalue weighted by atomic mass is 19.2. The number of halogens is 3. The van der Waals surface area contributed by atoms with E-state index in [-0.39, 0.29) is 11.5 Å². The Kier molecular flexibility index (Phi) is 5.89. The SMILES string of the molecule is Cc1noc(C)c1-c1cnc2c(-c3ccc(C(=O)O)c(F)c3F)cn(CC3CCC(C)(F)CC3)c2c1. The van der Waals surface area contributed by atoms with E-state index in [2.05, 4.69) is 10.1 Å². The van der Waals surface area contributed by atoms with Crippen molar-refractivity contribution in [2.45, 2.75) is 58.7 Å². The molecule has 0 aliphatic heterocycles. The molecule has 1 fully saturated rings. The number of alkyl halides is 1. The molecule has 3 heterocycles. The van der Waals surface area contributed by atoms with Gasteiger partial charge in [-0.1, -0.05) is 11.2 Å². The van der Waals surface area contributed by atoms with Crippen LogP contribution in [0.25, 0.3) is 33.3 Å². The molecule has 0 saturated heterocycles. The summed E-state index contributed by atoms with van der Waals surface area (Å²) in [4.78, 5) is 15.9. The first-order chi connectivity index (χ1) is 17.1. The quantitative estimate of drug-likeness (QED) is 0.325. The molecule has 1 aliphatic carbocycles. The van der Waals surface area contributed by atoms with Crippen molar-refractivity contribution in [3.63, 3.8) is 0 Å². The van der Waals surface area contributed by atoms with E-state index in [1.54, 1.807) is 19.3 Å². The summed E-state index contributed by atoms with van der Waals surface area (Å²) < 4.78 is 51.2. The van der Waals surface area contributed by atoms with Gasteiger partial charge in [-0.25, -0.2) is 18.0 Å². The summed E-state index contributed by atoms with van der Waals surface area (Å²) in [6, 6.07) is 4.24. The van der Waals surface area contributed by atoms with E-state index < -0.39 is 28.8 Å². The molecule has 36 heavy (non-hydrogen) atoms. The summed E-state index contributed by atoms with van der Waals surface area (Å²) in [5.74, 6) is -3.34. The van der Waals surface area contributed by atoms with E-state index in [9.17, 15) is 13.6 Å². The first-order valence-electron chi connectivity index (χ1n) is 11.9. The average Bonchev–Trinajstić information content (AvgIpc) is 3.35. The molecule has 0 spiro atoms. The van der Waals surface area contributed by atoms with Gasteiger partial charge in [0, 0.05) is 41.2 Å². The molecule has 0 bridgehead atoms. The van der Waals surface area contributed by atoms with Gasteiger partial charge < -0.3 is 14.2 Å². The van der Waals surface area contributed by atoms with Gasteiger partial charge in [-0.15, -0.1) is 0 Å². The van der Waals surface area contributed by atoms with Crippen LogP contribution in [0.1, 0.15) is 54.4 Å². The maximum atomic E-state index is 15.1. The zero-order valence-corrected chi connectivity index (χ0v) is 20.2. The van der Waals surface area contributed by atoms with E-state index in [0.29, 0.717) is 47.4 Å². The molecule has 9 heteroatoms. The molecule has 1 N–H and O–H groups in total. The van der Waals surface area contributed by atoms with Crippen LogP contribution in [0.4, 0.5) is 13.2 Å². The number of carboxylic acid groups (broad SMARTS) is 1. The molecule has 1 saturated carbocycles. The van der Waals surface area contributed by atoms with Crippen molar-refractivity contribution in [3.8, 4) is 22.3 Å². The Morgan fingerprint density at radius 2 is 1.92 bits per heavy atom. The van der Waals surface area contributed by atoms with Crippen molar-refractivity contribution in [2.24, 2.45) is 5.92 Å². The van der Waals surface area contributed by atoms with Crippen LogP contribution in [0, 0.1) is 31.4 Å². The van der Waals surface area contributed by atoms with Crippen LogP contribution in [0.5, 0.6) is 0 Å². The molecule has 6 nitrogen and oxygen atoms in total. The zero-order chi connectivity index (χ0) is 25.8. The first-order valence-corrected chi connectivity index (χ1v) is 11.9. The minimum atomic E-state index is -1.54. The number of pyridine rings is 1. The van der Waals surface area contributed by atoms with Crippen LogP contribution >= 0.6 is 0 Å². The van der Waals surface area contributed by atoms with Gasteiger partial charge in [0.25, 0.3) is 0 Å². The van der Waals surface area contributed by atoms with Crippen LogP contribution in [0.3, 0.4) is 0 Å². The first kappa shape index (κ1) is 24.1. The minimum absolute atomic E-state index is 0.0705. The van der Waals surface area contributed by atoms with Crippen molar-refractivity contribution in [2.75, 3.05) is 0 Å². The lowest BCUT2D eigenvalue weighted by molar-refractivity contribution is 0.0690.